The molecular formula is C23H24O4. The largest absolute Gasteiger partial charge is 0.489 e. The Morgan fingerprint density at radius 2 is 1.22 bits per heavy atom. The van der Waals surface area contributed by atoms with Gasteiger partial charge >= 0.3 is 0 Å². The lowest BCUT2D eigenvalue weighted by atomic mass is 10.2. The molecule has 0 fully saturated rings. The van der Waals surface area contributed by atoms with E-state index in [0.29, 0.717) is 19.0 Å². The predicted octanol–water partition coefficient (Wildman–Crippen LogP) is 4.57. The molecule has 0 bridgehead atoms. The average molecular weight is 364 g/mol. The molecule has 3 aromatic rings. The van der Waals surface area contributed by atoms with Crippen LogP contribution in [0.2, 0.25) is 0 Å². The minimum atomic E-state index is -0.761. The van der Waals surface area contributed by atoms with Gasteiger partial charge in [-0.1, -0.05) is 60.7 Å². The van der Waals surface area contributed by atoms with Crippen LogP contribution in [0.15, 0.2) is 84.9 Å². The zero-order chi connectivity index (χ0) is 18.9. The second kappa shape index (κ2) is 9.76. The monoisotopic (exact) mass is 364 g/mol. The van der Waals surface area contributed by atoms with Gasteiger partial charge in [-0.15, -0.1) is 0 Å². The molecule has 0 saturated carbocycles. The van der Waals surface area contributed by atoms with Gasteiger partial charge in [0.15, 0.2) is 0 Å². The summed E-state index contributed by atoms with van der Waals surface area (Å²) in [5.41, 5.74) is 2.14. The molecule has 140 valence electrons. The van der Waals surface area contributed by atoms with E-state index in [1.807, 2.05) is 84.9 Å². The molecule has 4 heteroatoms. The van der Waals surface area contributed by atoms with Gasteiger partial charge in [0.05, 0.1) is 6.61 Å². The summed E-state index contributed by atoms with van der Waals surface area (Å²) in [5, 5.41) is 9.94. The maximum atomic E-state index is 9.94. The fraction of sp³-hybridized carbons (Fsp3) is 0.217. The van der Waals surface area contributed by atoms with Crippen molar-refractivity contribution in [3.63, 3.8) is 0 Å². The molecule has 0 spiro atoms. The quantitative estimate of drug-likeness (QED) is 0.565. The second-order valence-corrected chi connectivity index (χ2v) is 6.27. The van der Waals surface area contributed by atoms with Crippen LogP contribution < -0.4 is 9.47 Å². The molecule has 0 aliphatic rings. The summed E-state index contributed by atoms with van der Waals surface area (Å²) < 4.78 is 17.3. The van der Waals surface area contributed by atoms with Gasteiger partial charge in [0.2, 0.25) is 6.29 Å². The number of aliphatic hydroxyl groups excluding tert-OH is 1. The molecule has 27 heavy (non-hydrogen) atoms. The van der Waals surface area contributed by atoms with Crippen molar-refractivity contribution in [3.8, 4) is 11.5 Å². The molecule has 0 radical (unpaired) electrons. The third kappa shape index (κ3) is 6.13. The minimum absolute atomic E-state index is 0.370. The van der Waals surface area contributed by atoms with Crippen LogP contribution in [0.5, 0.6) is 11.5 Å². The molecule has 0 saturated heterocycles. The fourth-order valence-electron chi connectivity index (χ4n) is 2.51. The number of hydrogen-bond acceptors (Lipinski definition) is 4. The fourth-order valence-corrected chi connectivity index (χ4v) is 2.51. The summed E-state index contributed by atoms with van der Waals surface area (Å²) in [6, 6.07) is 27.1. The zero-order valence-electron chi connectivity index (χ0n) is 15.3. The molecule has 0 heterocycles. The summed E-state index contributed by atoms with van der Waals surface area (Å²) in [4.78, 5) is 0. The molecule has 0 aromatic heterocycles. The first-order valence-electron chi connectivity index (χ1n) is 8.98. The van der Waals surface area contributed by atoms with Crippen LogP contribution >= 0.6 is 0 Å². The SMILES string of the molecule is CC(O)C(OCc1ccccc1)Oc1ccc(OCc2ccccc2)cc1. The van der Waals surface area contributed by atoms with Gasteiger partial charge in [0.1, 0.15) is 24.2 Å². The minimum Gasteiger partial charge on any atom is -0.489 e. The maximum Gasteiger partial charge on any atom is 0.226 e. The van der Waals surface area contributed by atoms with Crippen LogP contribution in [0.3, 0.4) is 0 Å². The van der Waals surface area contributed by atoms with E-state index in [9.17, 15) is 5.11 Å². The first kappa shape index (κ1) is 19.0. The van der Waals surface area contributed by atoms with Crippen molar-refractivity contribution in [3.05, 3.63) is 96.1 Å². The average Bonchev–Trinajstić information content (AvgIpc) is 2.72. The van der Waals surface area contributed by atoms with Crippen molar-refractivity contribution in [1.82, 2.24) is 0 Å². The molecule has 2 unspecified atom stereocenters. The highest BCUT2D eigenvalue weighted by atomic mass is 16.7. The maximum absolute atomic E-state index is 9.94. The van der Waals surface area contributed by atoms with E-state index < -0.39 is 12.4 Å². The third-order valence-corrected chi connectivity index (χ3v) is 3.98. The summed E-state index contributed by atoms with van der Waals surface area (Å²) in [5.74, 6) is 1.37. The van der Waals surface area contributed by atoms with E-state index >= 15 is 0 Å². The lowest BCUT2D eigenvalue weighted by Crippen LogP contribution is -2.32. The number of ether oxygens (including phenoxy) is 3. The normalized spacial score (nSPS) is 13.0. The molecule has 0 aliphatic carbocycles. The number of benzene rings is 3. The van der Waals surface area contributed by atoms with Gasteiger partial charge in [-0.05, 0) is 42.3 Å². The van der Waals surface area contributed by atoms with Gasteiger partial charge in [0.25, 0.3) is 0 Å². The summed E-state index contributed by atoms with van der Waals surface area (Å²) in [6.07, 6.45) is -1.51. The Kier molecular flexibility index (Phi) is 6.85. The van der Waals surface area contributed by atoms with Crippen LogP contribution in [0.4, 0.5) is 0 Å². The molecule has 3 aromatic carbocycles. The molecule has 0 aliphatic heterocycles. The highest BCUT2D eigenvalue weighted by Crippen LogP contribution is 2.21. The van der Waals surface area contributed by atoms with Crippen molar-refractivity contribution in [2.45, 2.75) is 32.5 Å². The van der Waals surface area contributed by atoms with Crippen LogP contribution in [0, 0.1) is 0 Å². The van der Waals surface area contributed by atoms with Gasteiger partial charge < -0.3 is 19.3 Å². The highest BCUT2D eigenvalue weighted by Gasteiger charge is 2.17. The molecule has 2 atom stereocenters. The van der Waals surface area contributed by atoms with E-state index in [1.165, 1.54) is 0 Å². The van der Waals surface area contributed by atoms with Crippen LogP contribution in [0.25, 0.3) is 0 Å². The molecule has 1 N–H and O–H groups in total. The van der Waals surface area contributed by atoms with Crippen molar-refractivity contribution in [2.24, 2.45) is 0 Å². The van der Waals surface area contributed by atoms with E-state index in [2.05, 4.69) is 0 Å². The molecule has 4 nitrogen and oxygen atoms in total. The Hall–Kier alpha value is -2.82. The lowest BCUT2D eigenvalue weighted by molar-refractivity contribution is -0.146. The van der Waals surface area contributed by atoms with E-state index in [1.54, 1.807) is 6.92 Å². The third-order valence-electron chi connectivity index (χ3n) is 3.98. The van der Waals surface area contributed by atoms with E-state index in [0.717, 1.165) is 16.9 Å². The van der Waals surface area contributed by atoms with E-state index in [-0.39, 0.29) is 0 Å². The Labute approximate surface area is 160 Å². The Bertz CT molecular complexity index is 786. The Morgan fingerprint density at radius 3 is 1.78 bits per heavy atom. The number of rotatable bonds is 9. The standard InChI is InChI=1S/C23H24O4/c1-18(24)23(26-17-20-10-6-3-7-11-20)27-22-14-12-21(13-15-22)25-16-19-8-4-2-5-9-19/h2-15,18,23-24H,16-17H2,1H3. The van der Waals surface area contributed by atoms with Crippen LogP contribution in [-0.4, -0.2) is 17.5 Å². The van der Waals surface area contributed by atoms with Crippen molar-refractivity contribution in [1.29, 1.82) is 0 Å². The lowest BCUT2D eigenvalue weighted by Gasteiger charge is -2.22. The van der Waals surface area contributed by atoms with Gasteiger partial charge in [-0.3, -0.25) is 0 Å². The topological polar surface area (TPSA) is 47.9 Å². The summed E-state index contributed by atoms with van der Waals surface area (Å²) >= 11 is 0. The first-order chi connectivity index (χ1) is 13.2. The number of aliphatic hydroxyl groups is 1. The van der Waals surface area contributed by atoms with Gasteiger partial charge in [-0.2, -0.15) is 0 Å². The van der Waals surface area contributed by atoms with Crippen molar-refractivity contribution < 1.29 is 19.3 Å². The summed E-state index contributed by atoms with van der Waals surface area (Å²) in [6.45, 7) is 2.53. The van der Waals surface area contributed by atoms with E-state index in [4.69, 9.17) is 14.2 Å². The summed E-state index contributed by atoms with van der Waals surface area (Å²) in [7, 11) is 0. The van der Waals surface area contributed by atoms with Crippen molar-refractivity contribution >= 4 is 0 Å². The second-order valence-electron chi connectivity index (χ2n) is 6.27. The Balaban J connectivity index is 1.53. The Morgan fingerprint density at radius 1 is 0.704 bits per heavy atom. The van der Waals surface area contributed by atoms with Crippen molar-refractivity contribution in [2.75, 3.05) is 0 Å². The smallest absolute Gasteiger partial charge is 0.226 e. The predicted molar refractivity (Wildman–Crippen MR) is 105 cm³/mol. The highest BCUT2D eigenvalue weighted by molar-refractivity contribution is 5.31. The van der Waals surface area contributed by atoms with Gasteiger partial charge in [0, 0.05) is 0 Å². The zero-order valence-corrected chi connectivity index (χ0v) is 15.3. The van der Waals surface area contributed by atoms with Crippen LogP contribution in [-0.2, 0) is 18.0 Å². The number of hydrogen-bond donors (Lipinski definition) is 1. The van der Waals surface area contributed by atoms with Gasteiger partial charge in [-0.25, -0.2) is 0 Å². The first-order valence-corrected chi connectivity index (χ1v) is 8.98. The van der Waals surface area contributed by atoms with Crippen LogP contribution in [0.1, 0.15) is 18.1 Å². The molecule has 3 rings (SSSR count). The molecular weight excluding hydrogens is 340 g/mol. The molecule has 0 amide bonds.